The molecule has 1 aliphatic carbocycles. The van der Waals surface area contributed by atoms with Crippen molar-refractivity contribution in [1.29, 1.82) is 0 Å². The summed E-state index contributed by atoms with van der Waals surface area (Å²) in [6.07, 6.45) is 3.27. The fourth-order valence-corrected chi connectivity index (χ4v) is 4.74. The molecule has 1 aliphatic heterocycles. The Balaban J connectivity index is 0.00000205. The molecule has 0 unspecified atom stereocenters. The zero-order chi connectivity index (χ0) is 19.1. The normalized spacial score (nSPS) is 21.2. The van der Waals surface area contributed by atoms with Crippen molar-refractivity contribution in [3.63, 3.8) is 0 Å². The standard InChI is InChI=1S/C23H25FN4.ClH/c24-17-9-11-18(12-10-17)28-23-8-4-7-19(23)22(26-28)15-27-13-20(21(25)14-27)16-5-2-1-3-6-16;/h1-3,5-6,9-12,20-21H,4,7-8,13-15,25H2;1H/t20-,21+;/m0./s1. The lowest BCUT2D eigenvalue weighted by atomic mass is 9.95. The molecule has 29 heavy (non-hydrogen) atoms. The summed E-state index contributed by atoms with van der Waals surface area (Å²) >= 11 is 0. The third-order valence-electron chi connectivity index (χ3n) is 6.13. The summed E-state index contributed by atoms with van der Waals surface area (Å²) in [7, 11) is 0. The minimum atomic E-state index is -0.217. The van der Waals surface area contributed by atoms with Crippen LogP contribution in [-0.2, 0) is 19.4 Å². The summed E-state index contributed by atoms with van der Waals surface area (Å²) in [6, 6.07) is 17.3. The van der Waals surface area contributed by atoms with Gasteiger partial charge in [-0.15, -0.1) is 12.4 Å². The van der Waals surface area contributed by atoms with Crippen LogP contribution < -0.4 is 5.73 Å². The van der Waals surface area contributed by atoms with Gasteiger partial charge in [-0.05, 0) is 54.7 Å². The maximum Gasteiger partial charge on any atom is 0.123 e. The Bertz CT molecular complexity index is 971. The predicted octanol–water partition coefficient (Wildman–Crippen LogP) is 3.85. The van der Waals surface area contributed by atoms with Crippen molar-refractivity contribution in [3.8, 4) is 5.69 Å². The second-order valence-electron chi connectivity index (χ2n) is 7.99. The van der Waals surface area contributed by atoms with E-state index in [1.165, 1.54) is 29.0 Å². The first kappa shape index (κ1) is 20.1. The van der Waals surface area contributed by atoms with Crippen LogP contribution in [0.15, 0.2) is 54.6 Å². The Morgan fingerprint density at radius 1 is 1.00 bits per heavy atom. The van der Waals surface area contributed by atoms with Crippen molar-refractivity contribution in [3.05, 3.63) is 82.9 Å². The van der Waals surface area contributed by atoms with Gasteiger partial charge in [0.15, 0.2) is 0 Å². The van der Waals surface area contributed by atoms with Crippen LogP contribution in [0.1, 0.15) is 34.9 Å². The molecule has 1 saturated heterocycles. The molecule has 5 rings (SSSR count). The van der Waals surface area contributed by atoms with Gasteiger partial charge in [-0.2, -0.15) is 5.10 Å². The minimum absolute atomic E-state index is 0. The van der Waals surface area contributed by atoms with E-state index in [4.69, 9.17) is 10.8 Å². The van der Waals surface area contributed by atoms with Crippen molar-refractivity contribution in [1.82, 2.24) is 14.7 Å². The van der Waals surface area contributed by atoms with Gasteiger partial charge in [0.1, 0.15) is 5.82 Å². The van der Waals surface area contributed by atoms with Crippen LogP contribution >= 0.6 is 12.4 Å². The molecule has 2 aliphatic rings. The second-order valence-corrected chi connectivity index (χ2v) is 7.99. The molecule has 152 valence electrons. The van der Waals surface area contributed by atoms with Crippen LogP contribution in [0.25, 0.3) is 5.69 Å². The number of nitrogens with two attached hydrogens (primary N) is 1. The van der Waals surface area contributed by atoms with Gasteiger partial charge in [-0.3, -0.25) is 4.90 Å². The lowest BCUT2D eigenvalue weighted by Gasteiger charge is -2.15. The maximum atomic E-state index is 13.3. The van der Waals surface area contributed by atoms with Crippen LogP contribution in [0.2, 0.25) is 0 Å². The van der Waals surface area contributed by atoms with Crippen LogP contribution in [0.5, 0.6) is 0 Å². The lowest BCUT2D eigenvalue weighted by molar-refractivity contribution is 0.318. The SMILES string of the molecule is Cl.N[C@@H]1CN(Cc2nn(-c3ccc(F)cc3)c3c2CCC3)C[C@H]1c1ccccc1. The number of benzene rings is 2. The lowest BCUT2D eigenvalue weighted by Crippen LogP contribution is -2.28. The molecular weight excluding hydrogens is 387 g/mol. The molecule has 4 nitrogen and oxygen atoms in total. The van der Waals surface area contributed by atoms with Gasteiger partial charge in [0.2, 0.25) is 0 Å². The highest BCUT2D eigenvalue weighted by molar-refractivity contribution is 5.85. The van der Waals surface area contributed by atoms with Crippen LogP contribution in [0.4, 0.5) is 4.39 Å². The van der Waals surface area contributed by atoms with Gasteiger partial charge in [0.05, 0.1) is 11.4 Å². The third kappa shape index (κ3) is 3.82. The molecule has 0 spiro atoms. The van der Waals surface area contributed by atoms with E-state index < -0.39 is 0 Å². The molecule has 1 aromatic heterocycles. The summed E-state index contributed by atoms with van der Waals surface area (Å²) in [5, 5.41) is 4.93. The number of aromatic nitrogens is 2. The monoisotopic (exact) mass is 412 g/mol. The maximum absolute atomic E-state index is 13.3. The molecule has 2 aromatic carbocycles. The zero-order valence-electron chi connectivity index (χ0n) is 16.3. The van der Waals surface area contributed by atoms with E-state index >= 15 is 0 Å². The Kier molecular flexibility index (Phi) is 5.72. The van der Waals surface area contributed by atoms with Gasteiger partial charge in [-0.25, -0.2) is 9.07 Å². The Hall–Kier alpha value is -2.21. The van der Waals surface area contributed by atoms with Gasteiger partial charge < -0.3 is 5.73 Å². The molecule has 0 bridgehead atoms. The van der Waals surface area contributed by atoms with Crippen LogP contribution in [-0.4, -0.2) is 33.8 Å². The molecule has 1 fully saturated rings. The number of nitrogens with zero attached hydrogens (tertiary/aromatic N) is 3. The fourth-order valence-electron chi connectivity index (χ4n) is 4.74. The molecular formula is C23H26ClFN4. The van der Waals surface area contributed by atoms with E-state index in [1.54, 1.807) is 0 Å². The first-order valence-corrected chi connectivity index (χ1v) is 10.1. The van der Waals surface area contributed by atoms with Gasteiger partial charge in [0, 0.05) is 37.3 Å². The minimum Gasteiger partial charge on any atom is -0.326 e. The number of halogens is 2. The average Bonchev–Trinajstić information content (AvgIpc) is 3.40. The predicted molar refractivity (Wildman–Crippen MR) is 115 cm³/mol. The summed E-state index contributed by atoms with van der Waals surface area (Å²) < 4.78 is 15.3. The quantitative estimate of drug-likeness (QED) is 0.708. The highest BCUT2D eigenvalue weighted by atomic mass is 35.5. The molecule has 0 saturated carbocycles. The summed E-state index contributed by atoms with van der Waals surface area (Å²) in [5.74, 6) is 0.152. The Morgan fingerprint density at radius 2 is 1.76 bits per heavy atom. The van der Waals surface area contributed by atoms with Crippen molar-refractivity contribution >= 4 is 12.4 Å². The number of hydrogen-bond acceptors (Lipinski definition) is 3. The molecule has 0 amide bonds. The third-order valence-corrected chi connectivity index (χ3v) is 6.13. The van der Waals surface area contributed by atoms with Crippen molar-refractivity contribution < 1.29 is 4.39 Å². The first-order chi connectivity index (χ1) is 13.7. The van der Waals surface area contributed by atoms with Gasteiger partial charge in [-0.1, -0.05) is 30.3 Å². The average molecular weight is 413 g/mol. The molecule has 2 N–H and O–H groups in total. The van der Waals surface area contributed by atoms with E-state index in [9.17, 15) is 4.39 Å². The largest absolute Gasteiger partial charge is 0.326 e. The van der Waals surface area contributed by atoms with Gasteiger partial charge in [0.25, 0.3) is 0 Å². The molecule has 2 heterocycles. The van der Waals surface area contributed by atoms with Crippen molar-refractivity contribution in [2.75, 3.05) is 13.1 Å². The van der Waals surface area contributed by atoms with E-state index in [2.05, 4.69) is 29.2 Å². The Labute approximate surface area is 176 Å². The van der Waals surface area contributed by atoms with Crippen molar-refractivity contribution in [2.45, 2.75) is 37.8 Å². The molecule has 6 heteroatoms. The topological polar surface area (TPSA) is 47.1 Å². The van der Waals surface area contributed by atoms with E-state index in [-0.39, 0.29) is 24.3 Å². The zero-order valence-corrected chi connectivity index (χ0v) is 17.1. The highest BCUT2D eigenvalue weighted by Gasteiger charge is 2.33. The molecule has 3 aromatic rings. The van der Waals surface area contributed by atoms with E-state index in [0.717, 1.165) is 50.3 Å². The first-order valence-electron chi connectivity index (χ1n) is 10.1. The fraction of sp³-hybridized carbons (Fsp3) is 0.348. The molecule has 0 radical (unpaired) electrons. The number of hydrogen-bond donors (Lipinski definition) is 1. The van der Waals surface area contributed by atoms with Crippen LogP contribution in [0.3, 0.4) is 0 Å². The Morgan fingerprint density at radius 3 is 2.52 bits per heavy atom. The number of rotatable bonds is 4. The number of likely N-dealkylation sites (tertiary alicyclic amines) is 1. The summed E-state index contributed by atoms with van der Waals surface area (Å²) in [4.78, 5) is 2.43. The van der Waals surface area contributed by atoms with E-state index in [1.807, 2.05) is 22.9 Å². The molecule has 2 atom stereocenters. The summed E-state index contributed by atoms with van der Waals surface area (Å²) in [5.41, 5.74) is 12.5. The second kappa shape index (κ2) is 8.27. The summed E-state index contributed by atoms with van der Waals surface area (Å²) in [6.45, 7) is 2.68. The van der Waals surface area contributed by atoms with Crippen LogP contribution in [0, 0.1) is 5.82 Å². The highest BCUT2D eigenvalue weighted by Crippen LogP contribution is 2.31. The smallest absolute Gasteiger partial charge is 0.123 e. The number of fused-ring (bicyclic) bond motifs is 1. The van der Waals surface area contributed by atoms with Crippen molar-refractivity contribution in [2.24, 2.45) is 5.73 Å². The van der Waals surface area contributed by atoms with E-state index in [0.29, 0.717) is 5.92 Å². The van der Waals surface area contributed by atoms with Gasteiger partial charge >= 0.3 is 0 Å².